The first-order valence-electron chi connectivity index (χ1n) is 6.01. The molecule has 0 unspecified atom stereocenters. The van der Waals surface area contributed by atoms with Crippen LogP contribution in [-0.4, -0.2) is 16.1 Å². The monoisotopic (exact) mass is 242 g/mol. The fraction of sp³-hybridized carbons (Fsp3) is 0.333. The van der Waals surface area contributed by atoms with Crippen molar-refractivity contribution in [3.05, 3.63) is 41.7 Å². The van der Waals surface area contributed by atoms with Gasteiger partial charge in [0.25, 0.3) is 0 Å². The zero-order valence-corrected chi connectivity index (χ0v) is 11.3. The second-order valence-corrected chi connectivity index (χ2v) is 5.56. The summed E-state index contributed by atoms with van der Waals surface area (Å²) in [4.78, 5) is 10.9. The standard InChI is InChI=1S/C15H18N2O/c1-15(2,3)14-13(9-17(4)16-14)12-7-5-6-11(8-12)10-18/h5-10H,1-4H3. The van der Waals surface area contributed by atoms with Crippen LogP contribution in [0.25, 0.3) is 11.1 Å². The zero-order valence-electron chi connectivity index (χ0n) is 11.3. The smallest absolute Gasteiger partial charge is 0.150 e. The van der Waals surface area contributed by atoms with Crippen molar-refractivity contribution in [2.75, 3.05) is 0 Å². The zero-order chi connectivity index (χ0) is 13.3. The van der Waals surface area contributed by atoms with E-state index in [1.165, 1.54) is 0 Å². The minimum absolute atomic E-state index is 0.0201. The SMILES string of the molecule is Cn1cc(-c2cccc(C=O)c2)c(C(C)(C)C)n1. The van der Waals surface area contributed by atoms with Crippen LogP contribution in [-0.2, 0) is 12.5 Å². The Morgan fingerprint density at radius 2 is 2.00 bits per heavy atom. The molecule has 94 valence electrons. The van der Waals surface area contributed by atoms with E-state index < -0.39 is 0 Å². The summed E-state index contributed by atoms with van der Waals surface area (Å²) in [5.74, 6) is 0. The summed E-state index contributed by atoms with van der Waals surface area (Å²) >= 11 is 0. The van der Waals surface area contributed by atoms with Crippen molar-refractivity contribution in [2.24, 2.45) is 7.05 Å². The normalized spacial score (nSPS) is 11.6. The van der Waals surface area contributed by atoms with Crippen molar-refractivity contribution < 1.29 is 4.79 Å². The van der Waals surface area contributed by atoms with Crippen molar-refractivity contribution in [3.8, 4) is 11.1 Å². The minimum atomic E-state index is -0.0201. The van der Waals surface area contributed by atoms with E-state index >= 15 is 0 Å². The number of aromatic nitrogens is 2. The van der Waals surface area contributed by atoms with Crippen LogP contribution >= 0.6 is 0 Å². The third-order valence-electron chi connectivity index (χ3n) is 2.87. The topological polar surface area (TPSA) is 34.9 Å². The molecule has 0 atom stereocenters. The molecular weight excluding hydrogens is 224 g/mol. The van der Waals surface area contributed by atoms with Gasteiger partial charge in [0.05, 0.1) is 5.69 Å². The first-order valence-corrected chi connectivity index (χ1v) is 6.01. The molecule has 0 N–H and O–H groups in total. The van der Waals surface area contributed by atoms with E-state index in [1.807, 2.05) is 42.2 Å². The second kappa shape index (κ2) is 4.41. The van der Waals surface area contributed by atoms with Crippen LogP contribution in [0.2, 0.25) is 0 Å². The molecule has 0 bridgehead atoms. The first kappa shape index (κ1) is 12.6. The van der Waals surface area contributed by atoms with Gasteiger partial charge >= 0.3 is 0 Å². The summed E-state index contributed by atoms with van der Waals surface area (Å²) in [5.41, 5.74) is 3.85. The van der Waals surface area contributed by atoms with E-state index in [9.17, 15) is 4.79 Å². The highest BCUT2D eigenvalue weighted by atomic mass is 16.1. The predicted molar refractivity (Wildman–Crippen MR) is 72.7 cm³/mol. The summed E-state index contributed by atoms with van der Waals surface area (Å²) in [5, 5.41) is 4.54. The molecule has 0 aliphatic heterocycles. The number of aryl methyl sites for hydroxylation is 1. The van der Waals surface area contributed by atoms with Gasteiger partial charge in [0.2, 0.25) is 0 Å². The van der Waals surface area contributed by atoms with E-state index in [4.69, 9.17) is 0 Å². The van der Waals surface area contributed by atoms with Crippen LogP contribution in [0.5, 0.6) is 0 Å². The highest BCUT2D eigenvalue weighted by Gasteiger charge is 2.22. The van der Waals surface area contributed by atoms with Gasteiger partial charge in [-0.05, 0) is 11.6 Å². The van der Waals surface area contributed by atoms with Crippen molar-refractivity contribution in [1.29, 1.82) is 0 Å². The van der Waals surface area contributed by atoms with Crippen LogP contribution in [0.4, 0.5) is 0 Å². The molecule has 1 aromatic carbocycles. The molecule has 2 aromatic rings. The lowest BCUT2D eigenvalue weighted by molar-refractivity contribution is 0.112. The van der Waals surface area contributed by atoms with Gasteiger partial charge in [-0.1, -0.05) is 39.0 Å². The molecule has 0 spiro atoms. The van der Waals surface area contributed by atoms with Gasteiger partial charge in [0, 0.05) is 29.8 Å². The van der Waals surface area contributed by atoms with E-state index in [1.54, 1.807) is 0 Å². The van der Waals surface area contributed by atoms with Gasteiger partial charge in [-0.3, -0.25) is 9.48 Å². The summed E-state index contributed by atoms with van der Waals surface area (Å²) in [7, 11) is 1.92. The van der Waals surface area contributed by atoms with Gasteiger partial charge in [-0.2, -0.15) is 5.10 Å². The Balaban J connectivity index is 2.59. The van der Waals surface area contributed by atoms with E-state index in [0.717, 1.165) is 23.1 Å². The number of nitrogens with zero attached hydrogens (tertiary/aromatic N) is 2. The predicted octanol–water partition coefficient (Wildman–Crippen LogP) is 3.20. The molecule has 18 heavy (non-hydrogen) atoms. The quantitative estimate of drug-likeness (QED) is 0.758. The van der Waals surface area contributed by atoms with Crippen LogP contribution < -0.4 is 0 Å². The van der Waals surface area contributed by atoms with Crippen LogP contribution in [0.15, 0.2) is 30.5 Å². The van der Waals surface area contributed by atoms with Crippen molar-refractivity contribution in [1.82, 2.24) is 9.78 Å². The third-order valence-corrected chi connectivity index (χ3v) is 2.87. The largest absolute Gasteiger partial charge is 0.298 e. The highest BCUT2D eigenvalue weighted by molar-refractivity contribution is 5.79. The molecule has 0 saturated carbocycles. The fourth-order valence-electron chi connectivity index (χ4n) is 2.03. The van der Waals surface area contributed by atoms with Gasteiger partial charge in [-0.25, -0.2) is 0 Å². The summed E-state index contributed by atoms with van der Waals surface area (Å²) in [6.45, 7) is 6.42. The van der Waals surface area contributed by atoms with E-state index in [0.29, 0.717) is 5.56 Å². The van der Waals surface area contributed by atoms with Gasteiger partial charge in [-0.15, -0.1) is 0 Å². The molecule has 1 aromatic heterocycles. The highest BCUT2D eigenvalue weighted by Crippen LogP contribution is 2.31. The average molecular weight is 242 g/mol. The lowest BCUT2D eigenvalue weighted by atomic mass is 9.87. The number of aldehydes is 1. The summed E-state index contributed by atoms with van der Waals surface area (Å²) < 4.78 is 1.82. The lowest BCUT2D eigenvalue weighted by Gasteiger charge is -2.17. The minimum Gasteiger partial charge on any atom is -0.298 e. The van der Waals surface area contributed by atoms with Crippen molar-refractivity contribution >= 4 is 6.29 Å². The van der Waals surface area contributed by atoms with Crippen molar-refractivity contribution in [3.63, 3.8) is 0 Å². The number of rotatable bonds is 2. The molecule has 0 aliphatic rings. The maximum atomic E-state index is 10.9. The first-order chi connectivity index (χ1) is 8.41. The Hall–Kier alpha value is -1.90. The van der Waals surface area contributed by atoms with Gasteiger partial charge < -0.3 is 0 Å². The van der Waals surface area contributed by atoms with E-state index in [-0.39, 0.29) is 5.41 Å². The second-order valence-electron chi connectivity index (χ2n) is 5.56. The Morgan fingerprint density at radius 3 is 2.61 bits per heavy atom. The van der Waals surface area contributed by atoms with Crippen LogP contribution in [0.1, 0.15) is 36.8 Å². The number of hydrogen-bond donors (Lipinski definition) is 0. The summed E-state index contributed by atoms with van der Waals surface area (Å²) in [6, 6.07) is 7.63. The molecular formula is C15H18N2O. The van der Waals surface area contributed by atoms with E-state index in [2.05, 4.69) is 25.9 Å². The molecule has 0 saturated heterocycles. The number of carbonyl (C=O) groups excluding carboxylic acids is 1. The molecule has 2 rings (SSSR count). The Labute approximate surface area is 107 Å². The number of hydrogen-bond acceptors (Lipinski definition) is 2. The molecule has 0 radical (unpaired) electrons. The average Bonchev–Trinajstić information content (AvgIpc) is 2.71. The molecule has 0 amide bonds. The molecule has 3 heteroatoms. The molecule has 0 fully saturated rings. The van der Waals surface area contributed by atoms with Crippen LogP contribution in [0.3, 0.4) is 0 Å². The van der Waals surface area contributed by atoms with Gasteiger partial charge in [0.1, 0.15) is 6.29 Å². The third kappa shape index (κ3) is 2.35. The maximum Gasteiger partial charge on any atom is 0.150 e. The van der Waals surface area contributed by atoms with Crippen molar-refractivity contribution in [2.45, 2.75) is 26.2 Å². The molecule has 3 nitrogen and oxygen atoms in total. The maximum absolute atomic E-state index is 10.9. The Morgan fingerprint density at radius 1 is 1.28 bits per heavy atom. The Bertz CT molecular complexity index is 576. The Kier molecular flexibility index (Phi) is 3.07. The molecule has 0 aliphatic carbocycles. The summed E-state index contributed by atoms with van der Waals surface area (Å²) in [6.07, 6.45) is 2.88. The number of carbonyl (C=O) groups is 1. The van der Waals surface area contributed by atoms with Gasteiger partial charge in [0.15, 0.2) is 0 Å². The number of benzene rings is 1. The lowest BCUT2D eigenvalue weighted by Crippen LogP contribution is -2.13. The fourth-order valence-corrected chi connectivity index (χ4v) is 2.03. The molecule has 1 heterocycles. The van der Waals surface area contributed by atoms with Crippen LogP contribution in [0, 0.1) is 0 Å².